The van der Waals surface area contributed by atoms with Gasteiger partial charge in [-0.2, -0.15) is 0 Å². The molecule has 5 rings (SSSR count). The van der Waals surface area contributed by atoms with Gasteiger partial charge in [-0.05, 0) is 47.2 Å². The minimum absolute atomic E-state index is 0.102. The fourth-order valence-corrected chi connectivity index (χ4v) is 5.49. The number of fused-ring (bicyclic) bond motifs is 2. The van der Waals surface area contributed by atoms with Gasteiger partial charge >= 0.3 is 0 Å². The highest BCUT2D eigenvalue weighted by atomic mass is 32.2. The molecule has 0 saturated heterocycles. The SMILES string of the molecule is Cc1cc2cc(-c3csc4c(-c5cccc(CS(=O)O)c5)cnc(N)c34)ccc2[nH]1. The normalized spacial score (nSPS) is 12.6. The minimum atomic E-state index is -1.88. The maximum atomic E-state index is 11.2. The van der Waals surface area contributed by atoms with Gasteiger partial charge in [0.2, 0.25) is 0 Å². The highest BCUT2D eigenvalue weighted by molar-refractivity contribution is 7.78. The number of nitrogen functional groups attached to an aromatic ring is 1. The number of hydrogen-bond acceptors (Lipinski definition) is 4. The van der Waals surface area contributed by atoms with Gasteiger partial charge in [-0.3, -0.25) is 0 Å². The van der Waals surface area contributed by atoms with E-state index < -0.39 is 11.1 Å². The van der Waals surface area contributed by atoms with Crippen LogP contribution in [0.2, 0.25) is 0 Å². The Balaban J connectivity index is 1.67. The molecule has 150 valence electrons. The summed E-state index contributed by atoms with van der Waals surface area (Å²) in [7, 11) is 0. The maximum Gasteiger partial charge on any atom is 0.157 e. The van der Waals surface area contributed by atoms with Crippen molar-refractivity contribution in [1.29, 1.82) is 0 Å². The number of rotatable bonds is 4. The van der Waals surface area contributed by atoms with Gasteiger partial charge in [0.1, 0.15) is 5.82 Å². The highest BCUT2D eigenvalue weighted by Gasteiger charge is 2.16. The Morgan fingerprint density at radius 3 is 2.80 bits per heavy atom. The van der Waals surface area contributed by atoms with Crippen LogP contribution in [0.15, 0.2) is 60.1 Å². The fourth-order valence-electron chi connectivity index (χ4n) is 3.90. The summed E-state index contributed by atoms with van der Waals surface area (Å²) >= 11 is -0.241. The molecule has 0 fully saturated rings. The number of pyridine rings is 1. The Morgan fingerprint density at radius 1 is 1.13 bits per heavy atom. The van der Waals surface area contributed by atoms with E-state index in [1.54, 1.807) is 17.5 Å². The Hall–Kier alpha value is -3.00. The van der Waals surface area contributed by atoms with E-state index in [1.165, 1.54) is 0 Å². The largest absolute Gasteiger partial charge is 0.383 e. The van der Waals surface area contributed by atoms with E-state index >= 15 is 0 Å². The number of benzene rings is 2. The molecule has 0 aliphatic carbocycles. The van der Waals surface area contributed by atoms with Gasteiger partial charge in [0, 0.05) is 44.0 Å². The van der Waals surface area contributed by atoms with Crippen molar-refractivity contribution in [3.05, 3.63) is 71.4 Å². The highest BCUT2D eigenvalue weighted by Crippen LogP contribution is 2.42. The molecule has 0 aliphatic rings. The third kappa shape index (κ3) is 3.31. The Bertz CT molecular complexity index is 1440. The topological polar surface area (TPSA) is 92.0 Å². The van der Waals surface area contributed by atoms with Gasteiger partial charge in [0.05, 0.1) is 5.75 Å². The zero-order valence-electron chi connectivity index (χ0n) is 16.2. The van der Waals surface area contributed by atoms with E-state index in [4.69, 9.17) is 5.73 Å². The first-order chi connectivity index (χ1) is 14.5. The van der Waals surface area contributed by atoms with Crippen molar-refractivity contribution in [3.8, 4) is 22.3 Å². The second-order valence-corrected chi connectivity index (χ2v) is 9.14. The average Bonchev–Trinajstić information content (AvgIpc) is 3.31. The van der Waals surface area contributed by atoms with Gasteiger partial charge in [-0.1, -0.05) is 30.3 Å². The van der Waals surface area contributed by atoms with Crippen LogP contribution in [0.3, 0.4) is 0 Å². The Kier molecular flexibility index (Phi) is 4.66. The van der Waals surface area contributed by atoms with Crippen molar-refractivity contribution in [2.75, 3.05) is 5.73 Å². The molecule has 2 aromatic carbocycles. The van der Waals surface area contributed by atoms with Crippen LogP contribution in [0.5, 0.6) is 0 Å². The van der Waals surface area contributed by atoms with Crippen molar-refractivity contribution in [1.82, 2.24) is 9.97 Å². The van der Waals surface area contributed by atoms with Crippen LogP contribution in [0.25, 0.3) is 43.2 Å². The molecule has 0 amide bonds. The molecule has 0 aliphatic heterocycles. The van der Waals surface area contributed by atoms with Gasteiger partial charge in [0.25, 0.3) is 0 Å². The summed E-state index contributed by atoms with van der Waals surface area (Å²) in [6.45, 7) is 2.05. The van der Waals surface area contributed by atoms with Crippen LogP contribution in [0, 0.1) is 6.92 Å². The molecule has 4 N–H and O–H groups in total. The van der Waals surface area contributed by atoms with Crippen molar-refractivity contribution >= 4 is 49.2 Å². The first kappa shape index (κ1) is 19.0. The monoisotopic (exact) mass is 433 g/mol. The number of thiophene rings is 1. The van der Waals surface area contributed by atoms with E-state index in [2.05, 4.69) is 39.6 Å². The van der Waals surface area contributed by atoms with Crippen molar-refractivity contribution in [3.63, 3.8) is 0 Å². The predicted octanol–water partition coefficient (Wildman–Crippen LogP) is 5.72. The number of nitrogens with one attached hydrogen (secondary N) is 1. The molecule has 30 heavy (non-hydrogen) atoms. The smallest absolute Gasteiger partial charge is 0.157 e. The average molecular weight is 434 g/mol. The second kappa shape index (κ2) is 7.36. The number of aromatic amines is 1. The van der Waals surface area contributed by atoms with Crippen LogP contribution in [-0.2, 0) is 16.8 Å². The quantitative estimate of drug-likeness (QED) is 0.316. The molecule has 0 radical (unpaired) electrons. The molecule has 0 saturated carbocycles. The molecule has 3 heterocycles. The predicted molar refractivity (Wildman–Crippen MR) is 126 cm³/mol. The summed E-state index contributed by atoms with van der Waals surface area (Å²) in [5, 5.41) is 4.23. The molecule has 5 aromatic rings. The summed E-state index contributed by atoms with van der Waals surface area (Å²) < 4.78 is 21.5. The number of nitrogens with two attached hydrogens (primary N) is 1. The zero-order chi connectivity index (χ0) is 20.8. The lowest BCUT2D eigenvalue weighted by Gasteiger charge is -2.08. The molecule has 1 atom stereocenters. The van der Waals surface area contributed by atoms with E-state index in [1.807, 2.05) is 31.2 Å². The van der Waals surface area contributed by atoms with E-state index in [0.29, 0.717) is 5.82 Å². The third-order valence-corrected chi connectivity index (χ3v) is 6.81. The number of anilines is 1. The van der Waals surface area contributed by atoms with Crippen LogP contribution >= 0.6 is 11.3 Å². The van der Waals surface area contributed by atoms with E-state index in [9.17, 15) is 8.76 Å². The maximum absolute atomic E-state index is 11.2. The van der Waals surface area contributed by atoms with E-state index in [-0.39, 0.29) is 5.75 Å². The van der Waals surface area contributed by atoms with Crippen LogP contribution in [0.1, 0.15) is 11.3 Å². The lowest BCUT2D eigenvalue weighted by Crippen LogP contribution is -1.95. The summed E-state index contributed by atoms with van der Waals surface area (Å²) in [4.78, 5) is 7.82. The summed E-state index contributed by atoms with van der Waals surface area (Å²) in [6, 6.07) is 16.2. The van der Waals surface area contributed by atoms with Gasteiger partial charge in [-0.15, -0.1) is 11.3 Å². The molecular weight excluding hydrogens is 414 g/mol. The number of aryl methyl sites for hydroxylation is 1. The molecular formula is C23H19N3O2S2. The number of aromatic nitrogens is 2. The third-order valence-electron chi connectivity index (χ3n) is 5.22. The molecule has 0 bridgehead atoms. The van der Waals surface area contributed by atoms with Crippen molar-refractivity contribution in [2.45, 2.75) is 12.7 Å². The van der Waals surface area contributed by atoms with Crippen LogP contribution in [0.4, 0.5) is 5.82 Å². The molecule has 5 nitrogen and oxygen atoms in total. The lowest BCUT2D eigenvalue weighted by atomic mass is 10.00. The molecule has 0 spiro atoms. The summed E-state index contributed by atoms with van der Waals surface area (Å²) in [5.41, 5.74) is 13.5. The first-order valence-corrected chi connectivity index (χ1v) is 11.6. The van der Waals surface area contributed by atoms with Crippen LogP contribution < -0.4 is 5.73 Å². The zero-order valence-corrected chi connectivity index (χ0v) is 17.8. The van der Waals surface area contributed by atoms with Crippen molar-refractivity contribution < 1.29 is 8.76 Å². The minimum Gasteiger partial charge on any atom is -0.383 e. The number of hydrogen-bond donors (Lipinski definition) is 3. The van der Waals surface area contributed by atoms with Crippen LogP contribution in [-0.4, -0.2) is 18.7 Å². The Morgan fingerprint density at radius 2 is 1.97 bits per heavy atom. The summed E-state index contributed by atoms with van der Waals surface area (Å²) in [5.74, 6) is 0.605. The lowest BCUT2D eigenvalue weighted by molar-refractivity contribution is 0.563. The molecule has 7 heteroatoms. The van der Waals surface area contributed by atoms with Gasteiger partial charge in [0.15, 0.2) is 11.1 Å². The molecule has 1 unspecified atom stereocenters. The summed E-state index contributed by atoms with van der Waals surface area (Å²) in [6.07, 6.45) is 1.78. The number of nitrogens with zero attached hydrogens (tertiary/aromatic N) is 1. The Labute approximate surface area is 179 Å². The molecule has 3 aromatic heterocycles. The number of H-pyrrole nitrogens is 1. The van der Waals surface area contributed by atoms with Crippen molar-refractivity contribution in [2.24, 2.45) is 0 Å². The van der Waals surface area contributed by atoms with E-state index in [0.717, 1.165) is 54.5 Å². The van der Waals surface area contributed by atoms with Gasteiger partial charge in [-0.25, -0.2) is 9.19 Å². The first-order valence-electron chi connectivity index (χ1n) is 9.42. The fraction of sp³-hybridized carbons (Fsp3) is 0.0870. The van der Waals surface area contributed by atoms with Gasteiger partial charge < -0.3 is 15.3 Å². The second-order valence-electron chi connectivity index (χ2n) is 7.33. The standard InChI is InChI=1S/C23H19N3O2S2/c1-13-7-17-9-16(5-6-20(17)26-13)19-11-29-22-18(10-25-23(24)21(19)22)15-4-2-3-14(8-15)12-30(27)28/h2-11,26H,12H2,1H3,(H2,24,25)(H,27,28).